The minimum absolute atomic E-state index is 0.353. The summed E-state index contributed by atoms with van der Waals surface area (Å²) < 4.78 is 14.6. The topological polar surface area (TPSA) is 40.5 Å². The van der Waals surface area contributed by atoms with Crippen molar-refractivity contribution in [3.63, 3.8) is 0 Å². The molecular weight excluding hydrogens is 317 g/mol. The fraction of sp³-hybridized carbons (Fsp3) is 0.381. The third-order valence-corrected chi connectivity index (χ3v) is 5.27. The fourth-order valence-corrected chi connectivity index (χ4v) is 3.50. The molecule has 1 heterocycles. The smallest absolute Gasteiger partial charge is 0.328 e. The van der Waals surface area contributed by atoms with E-state index in [0.717, 1.165) is 17.2 Å². The summed E-state index contributed by atoms with van der Waals surface area (Å²) >= 11 is 0. The second kappa shape index (κ2) is 7.26. The first-order chi connectivity index (χ1) is 11.6. The predicted octanol–water partition coefficient (Wildman–Crippen LogP) is 5.22. The Bertz CT molecular complexity index is 789. The summed E-state index contributed by atoms with van der Waals surface area (Å²) in [7, 11) is 2.09. The first-order valence-corrected chi connectivity index (χ1v) is 8.47. The summed E-state index contributed by atoms with van der Waals surface area (Å²) in [6.07, 6.45) is 3.86. The Balaban J connectivity index is 2.42. The van der Waals surface area contributed by atoms with E-state index in [4.69, 9.17) is 5.11 Å². The summed E-state index contributed by atoms with van der Waals surface area (Å²) in [6.45, 7) is 9.85. The molecule has 0 radical (unpaired) electrons. The molecule has 1 aromatic carbocycles. The van der Waals surface area contributed by atoms with E-state index in [0.29, 0.717) is 23.1 Å². The van der Waals surface area contributed by atoms with E-state index in [1.807, 2.05) is 13.0 Å². The second-order valence-electron chi connectivity index (χ2n) is 6.84. The molecule has 4 heteroatoms. The molecular formula is C21H26FNO2. The average molecular weight is 343 g/mol. The number of carboxylic acid groups (broad SMARTS) is 1. The maximum absolute atomic E-state index is 14.6. The molecule has 0 spiro atoms. The van der Waals surface area contributed by atoms with Crippen molar-refractivity contribution < 1.29 is 14.3 Å². The Hall–Kier alpha value is -2.36. The molecule has 3 nitrogen and oxygen atoms in total. The van der Waals surface area contributed by atoms with Gasteiger partial charge in [-0.05, 0) is 67.7 Å². The van der Waals surface area contributed by atoms with Crippen LogP contribution in [0.4, 0.5) is 10.1 Å². The highest BCUT2D eigenvalue weighted by molar-refractivity contribution is 5.81. The lowest BCUT2D eigenvalue weighted by atomic mass is 9.89. The molecule has 0 aromatic heterocycles. The van der Waals surface area contributed by atoms with E-state index in [-0.39, 0.29) is 5.83 Å². The summed E-state index contributed by atoms with van der Waals surface area (Å²) in [4.78, 5) is 12.9. The number of nitrogens with zero attached hydrogens (tertiary/aromatic N) is 1. The molecule has 2 unspecified atom stereocenters. The molecule has 2 atom stereocenters. The van der Waals surface area contributed by atoms with Gasteiger partial charge >= 0.3 is 5.97 Å². The Morgan fingerprint density at radius 2 is 1.88 bits per heavy atom. The lowest BCUT2D eigenvalue weighted by Crippen LogP contribution is -2.25. The van der Waals surface area contributed by atoms with Gasteiger partial charge in [0.25, 0.3) is 0 Å². The lowest BCUT2D eigenvalue weighted by Gasteiger charge is -2.20. The van der Waals surface area contributed by atoms with Crippen LogP contribution in [0.25, 0.3) is 5.57 Å². The standard InChI is InChI=1S/C21H26FNO2/c1-12(11-20(24)25)7-9-18(22)14(3)17-8-10-19-21(15(17)4)13(2)16(5)23(19)6/h7-11,13,16H,1-6H3,(H,24,25)/b9-7+,12-11+,18-14+. The third kappa shape index (κ3) is 3.68. The highest BCUT2D eigenvalue weighted by Gasteiger charge is 2.32. The van der Waals surface area contributed by atoms with Crippen LogP contribution < -0.4 is 4.90 Å². The summed E-state index contributed by atoms with van der Waals surface area (Å²) in [5.74, 6) is -0.995. The molecule has 1 N–H and O–H groups in total. The van der Waals surface area contributed by atoms with Gasteiger partial charge in [0, 0.05) is 30.8 Å². The predicted molar refractivity (Wildman–Crippen MR) is 102 cm³/mol. The maximum atomic E-state index is 14.6. The first kappa shape index (κ1) is 19.0. The Morgan fingerprint density at radius 3 is 2.48 bits per heavy atom. The second-order valence-corrected chi connectivity index (χ2v) is 6.84. The van der Waals surface area contributed by atoms with Crippen molar-refractivity contribution in [2.75, 3.05) is 11.9 Å². The summed E-state index contributed by atoms with van der Waals surface area (Å²) in [6, 6.07) is 4.45. The number of likely N-dealkylation sites (N-methyl/N-ethyl adjacent to an activating group) is 1. The van der Waals surface area contributed by atoms with Crippen molar-refractivity contribution in [3.8, 4) is 0 Å². The molecule has 25 heavy (non-hydrogen) atoms. The number of carbonyl (C=O) groups is 1. The molecule has 0 amide bonds. The molecule has 2 rings (SSSR count). The van der Waals surface area contributed by atoms with Crippen LogP contribution in [0.1, 0.15) is 50.3 Å². The number of halogens is 1. The van der Waals surface area contributed by atoms with Gasteiger partial charge in [-0.1, -0.05) is 19.1 Å². The van der Waals surface area contributed by atoms with E-state index in [9.17, 15) is 9.18 Å². The average Bonchev–Trinajstić information content (AvgIpc) is 2.76. The number of hydrogen-bond donors (Lipinski definition) is 1. The number of allylic oxidation sites excluding steroid dienone is 5. The van der Waals surface area contributed by atoms with Crippen molar-refractivity contribution >= 4 is 17.2 Å². The third-order valence-electron chi connectivity index (χ3n) is 5.27. The monoisotopic (exact) mass is 343 g/mol. The van der Waals surface area contributed by atoms with Crippen molar-refractivity contribution in [2.24, 2.45) is 0 Å². The fourth-order valence-electron chi connectivity index (χ4n) is 3.50. The van der Waals surface area contributed by atoms with E-state index in [1.165, 1.54) is 23.4 Å². The highest BCUT2D eigenvalue weighted by Crippen LogP contribution is 2.43. The number of fused-ring (bicyclic) bond motifs is 1. The van der Waals surface area contributed by atoms with Crippen LogP contribution in [0.2, 0.25) is 0 Å². The van der Waals surface area contributed by atoms with Crippen LogP contribution >= 0.6 is 0 Å². The largest absolute Gasteiger partial charge is 0.478 e. The van der Waals surface area contributed by atoms with Gasteiger partial charge in [0.15, 0.2) is 0 Å². The minimum atomic E-state index is -1.04. The van der Waals surface area contributed by atoms with Gasteiger partial charge in [-0.3, -0.25) is 0 Å². The Kier molecular flexibility index (Phi) is 5.51. The van der Waals surface area contributed by atoms with Crippen LogP contribution in [-0.2, 0) is 4.79 Å². The quantitative estimate of drug-likeness (QED) is 0.601. The molecule has 0 saturated carbocycles. The van der Waals surface area contributed by atoms with Crippen molar-refractivity contribution in [3.05, 3.63) is 58.5 Å². The SMILES string of the molecule is CC(/C=C/C(F)=C(/C)c1ccc2c(c1C)C(C)C(C)N2C)=C\C(=O)O. The van der Waals surface area contributed by atoms with E-state index in [2.05, 4.69) is 31.9 Å². The van der Waals surface area contributed by atoms with Crippen molar-refractivity contribution in [1.82, 2.24) is 0 Å². The van der Waals surface area contributed by atoms with Gasteiger partial charge in [-0.2, -0.15) is 0 Å². The number of carboxylic acids is 1. The molecule has 1 aromatic rings. The zero-order chi connectivity index (χ0) is 18.9. The van der Waals surface area contributed by atoms with Crippen molar-refractivity contribution in [2.45, 2.75) is 46.6 Å². The van der Waals surface area contributed by atoms with Crippen LogP contribution in [-0.4, -0.2) is 24.2 Å². The summed E-state index contributed by atoms with van der Waals surface area (Å²) in [5, 5.41) is 8.71. The maximum Gasteiger partial charge on any atom is 0.328 e. The van der Waals surface area contributed by atoms with Crippen LogP contribution in [0.3, 0.4) is 0 Å². The van der Waals surface area contributed by atoms with Gasteiger partial charge in [0.2, 0.25) is 0 Å². The van der Waals surface area contributed by atoms with Gasteiger partial charge in [0.05, 0.1) is 0 Å². The van der Waals surface area contributed by atoms with E-state index < -0.39 is 5.97 Å². The zero-order valence-corrected chi connectivity index (χ0v) is 15.7. The van der Waals surface area contributed by atoms with E-state index >= 15 is 0 Å². The Morgan fingerprint density at radius 1 is 1.24 bits per heavy atom. The zero-order valence-electron chi connectivity index (χ0n) is 15.7. The number of anilines is 1. The number of hydrogen-bond acceptors (Lipinski definition) is 2. The first-order valence-electron chi connectivity index (χ1n) is 8.47. The number of rotatable bonds is 4. The number of benzene rings is 1. The molecule has 0 bridgehead atoms. The van der Waals surface area contributed by atoms with Gasteiger partial charge in [-0.25, -0.2) is 9.18 Å². The van der Waals surface area contributed by atoms with Gasteiger partial charge in [-0.15, -0.1) is 0 Å². The summed E-state index contributed by atoms with van der Waals surface area (Å²) in [5.41, 5.74) is 5.56. The number of aliphatic carboxylic acids is 1. The molecule has 0 saturated heterocycles. The van der Waals surface area contributed by atoms with Crippen LogP contribution in [0, 0.1) is 6.92 Å². The van der Waals surface area contributed by atoms with Crippen LogP contribution in [0.5, 0.6) is 0 Å². The van der Waals surface area contributed by atoms with Gasteiger partial charge in [0.1, 0.15) is 5.83 Å². The molecule has 1 aliphatic heterocycles. The van der Waals surface area contributed by atoms with Gasteiger partial charge < -0.3 is 10.0 Å². The molecule has 134 valence electrons. The molecule has 0 aliphatic carbocycles. The lowest BCUT2D eigenvalue weighted by molar-refractivity contribution is -0.131. The molecule has 0 fully saturated rings. The highest BCUT2D eigenvalue weighted by atomic mass is 19.1. The van der Waals surface area contributed by atoms with E-state index in [1.54, 1.807) is 13.8 Å². The normalized spacial score (nSPS) is 21.6. The van der Waals surface area contributed by atoms with Crippen molar-refractivity contribution in [1.29, 1.82) is 0 Å². The van der Waals surface area contributed by atoms with Crippen LogP contribution in [0.15, 0.2) is 41.8 Å². The molecule has 1 aliphatic rings. The Labute approximate surface area is 149 Å². The minimum Gasteiger partial charge on any atom is -0.478 e.